The molecule has 2 unspecified atom stereocenters. The molecule has 7 heteroatoms. The lowest BCUT2D eigenvalue weighted by Crippen LogP contribution is -2.37. The first-order chi connectivity index (χ1) is 7.93. The molecular weight excluding hydrogens is 262 g/mol. The van der Waals surface area contributed by atoms with Gasteiger partial charge in [0, 0.05) is 17.9 Å². The average molecular weight is 281 g/mol. The first-order valence-corrected chi connectivity index (χ1v) is 8.52. The topological polar surface area (TPSA) is 83.5 Å². The number of aliphatic hydroxyl groups is 1. The smallest absolute Gasteiger partial charge is 0.230 e. The van der Waals surface area contributed by atoms with Crippen molar-refractivity contribution in [3.8, 4) is 0 Å². The Balaban J connectivity index is 2.22. The van der Waals surface area contributed by atoms with Gasteiger partial charge in [0.25, 0.3) is 0 Å². The molecule has 0 aromatic rings. The van der Waals surface area contributed by atoms with E-state index < -0.39 is 9.84 Å². The summed E-state index contributed by atoms with van der Waals surface area (Å²) in [5.74, 6) is 0.432. The van der Waals surface area contributed by atoms with E-state index in [9.17, 15) is 13.2 Å². The molecule has 1 amide bonds. The molecule has 100 valence electrons. The minimum Gasteiger partial charge on any atom is -0.396 e. The van der Waals surface area contributed by atoms with E-state index in [1.807, 2.05) is 6.92 Å². The lowest BCUT2D eigenvalue weighted by Gasteiger charge is -2.12. The van der Waals surface area contributed by atoms with Crippen LogP contribution in [0.25, 0.3) is 0 Å². The van der Waals surface area contributed by atoms with Crippen LogP contribution in [0.1, 0.15) is 19.8 Å². The number of nitrogens with one attached hydrogen (secondary N) is 1. The summed E-state index contributed by atoms with van der Waals surface area (Å²) in [6.45, 7) is 2.07. The summed E-state index contributed by atoms with van der Waals surface area (Å²) in [5.41, 5.74) is 0. The van der Waals surface area contributed by atoms with Gasteiger partial charge in [0.05, 0.1) is 17.3 Å². The summed E-state index contributed by atoms with van der Waals surface area (Å²) in [6.07, 6.45) is 1.18. The largest absolute Gasteiger partial charge is 0.396 e. The SMILES string of the molecule is CC(CCO)SCC(=O)NC1CCS(=O)(=O)C1. The number of carbonyl (C=O) groups is 1. The summed E-state index contributed by atoms with van der Waals surface area (Å²) in [7, 11) is -2.94. The van der Waals surface area contributed by atoms with Crippen molar-refractivity contribution >= 4 is 27.5 Å². The molecule has 0 bridgehead atoms. The van der Waals surface area contributed by atoms with E-state index in [1.54, 1.807) is 0 Å². The van der Waals surface area contributed by atoms with E-state index >= 15 is 0 Å². The number of amides is 1. The van der Waals surface area contributed by atoms with E-state index in [-0.39, 0.29) is 35.3 Å². The number of aliphatic hydroxyl groups excluding tert-OH is 1. The number of hydrogen-bond acceptors (Lipinski definition) is 5. The molecule has 0 radical (unpaired) electrons. The summed E-state index contributed by atoms with van der Waals surface area (Å²) in [4.78, 5) is 11.5. The van der Waals surface area contributed by atoms with Gasteiger partial charge >= 0.3 is 0 Å². The molecule has 1 rings (SSSR count). The molecule has 5 nitrogen and oxygen atoms in total. The summed E-state index contributed by atoms with van der Waals surface area (Å²) < 4.78 is 22.4. The maximum atomic E-state index is 11.5. The second-order valence-electron chi connectivity index (χ2n) is 4.30. The third kappa shape index (κ3) is 5.74. The van der Waals surface area contributed by atoms with Crippen LogP contribution in [0.4, 0.5) is 0 Å². The molecule has 0 saturated carbocycles. The van der Waals surface area contributed by atoms with Crippen molar-refractivity contribution in [1.29, 1.82) is 0 Å². The summed E-state index contributed by atoms with van der Waals surface area (Å²) in [5, 5.41) is 11.7. The van der Waals surface area contributed by atoms with Crippen LogP contribution in [0.3, 0.4) is 0 Å². The minimum atomic E-state index is -2.94. The zero-order chi connectivity index (χ0) is 12.9. The van der Waals surface area contributed by atoms with Gasteiger partial charge in [-0.3, -0.25) is 4.79 Å². The quantitative estimate of drug-likeness (QED) is 0.704. The van der Waals surface area contributed by atoms with E-state index in [2.05, 4.69) is 5.32 Å². The molecule has 0 aromatic carbocycles. The van der Waals surface area contributed by atoms with Crippen molar-refractivity contribution in [2.45, 2.75) is 31.1 Å². The van der Waals surface area contributed by atoms with Crippen molar-refractivity contribution < 1.29 is 18.3 Å². The van der Waals surface area contributed by atoms with E-state index in [4.69, 9.17) is 5.11 Å². The number of rotatable bonds is 6. The molecule has 17 heavy (non-hydrogen) atoms. The van der Waals surface area contributed by atoms with Crippen LogP contribution in [0, 0.1) is 0 Å². The fourth-order valence-electron chi connectivity index (χ4n) is 1.66. The highest BCUT2D eigenvalue weighted by atomic mass is 32.2. The molecule has 2 atom stereocenters. The second-order valence-corrected chi connectivity index (χ2v) is 7.96. The normalized spacial score (nSPS) is 24.5. The van der Waals surface area contributed by atoms with Crippen molar-refractivity contribution in [1.82, 2.24) is 5.32 Å². The Labute approximate surface area is 106 Å². The van der Waals surface area contributed by atoms with Gasteiger partial charge in [0.15, 0.2) is 9.84 Å². The minimum absolute atomic E-state index is 0.0651. The standard InChI is InChI=1S/C10H19NO4S2/c1-8(2-4-12)16-6-10(13)11-9-3-5-17(14,15)7-9/h8-9,12H,2-7H2,1H3,(H,11,13). The van der Waals surface area contributed by atoms with Crippen LogP contribution >= 0.6 is 11.8 Å². The maximum Gasteiger partial charge on any atom is 0.230 e. The first-order valence-electron chi connectivity index (χ1n) is 5.65. The van der Waals surface area contributed by atoms with Crippen molar-refractivity contribution in [2.75, 3.05) is 23.9 Å². The Bertz CT molecular complexity index is 355. The van der Waals surface area contributed by atoms with Gasteiger partial charge in [-0.05, 0) is 12.8 Å². The van der Waals surface area contributed by atoms with Gasteiger partial charge in [-0.15, -0.1) is 11.8 Å². The molecule has 1 aliphatic rings. The van der Waals surface area contributed by atoms with Crippen LogP contribution in [-0.4, -0.2) is 54.6 Å². The third-order valence-corrected chi connectivity index (χ3v) is 5.63. The Morgan fingerprint density at radius 3 is 2.82 bits per heavy atom. The Kier molecular flexibility index (Phi) is 5.75. The highest BCUT2D eigenvalue weighted by Gasteiger charge is 2.28. The van der Waals surface area contributed by atoms with Gasteiger partial charge in [-0.1, -0.05) is 6.92 Å². The summed E-state index contributed by atoms with van der Waals surface area (Å²) >= 11 is 1.47. The average Bonchev–Trinajstić information content (AvgIpc) is 2.55. The number of sulfone groups is 1. The van der Waals surface area contributed by atoms with Crippen molar-refractivity contribution in [2.24, 2.45) is 0 Å². The zero-order valence-corrected chi connectivity index (χ0v) is 11.5. The molecule has 1 heterocycles. The molecule has 2 N–H and O–H groups in total. The Hall–Kier alpha value is -0.270. The summed E-state index contributed by atoms with van der Waals surface area (Å²) in [6, 6.07) is -0.221. The maximum absolute atomic E-state index is 11.5. The lowest BCUT2D eigenvalue weighted by atomic mass is 10.3. The van der Waals surface area contributed by atoms with E-state index in [0.29, 0.717) is 18.6 Å². The van der Waals surface area contributed by atoms with Crippen LogP contribution in [0.5, 0.6) is 0 Å². The van der Waals surface area contributed by atoms with Gasteiger partial charge in [0.2, 0.25) is 5.91 Å². The third-order valence-electron chi connectivity index (χ3n) is 2.63. The fraction of sp³-hybridized carbons (Fsp3) is 0.900. The van der Waals surface area contributed by atoms with Crippen LogP contribution < -0.4 is 5.32 Å². The predicted molar refractivity (Wildman–Crippen MR) is 68.8 cm³/mol. The second kappa shape index (κ2) is 6.61. The van der Waals surface area contributed by atoms with E-state index in [0.717, 1.165) is 0 Å². The van der Waals surface area contributed by atoms with E-state index in [1.165, 1.54) is 11.8 Å². The molecule has 0 aliphatic carbocycles. The molecular formula is C10H19NO4S2. The molecule has 0 spiro atoms. The fourth-order valence-corrected chi connectivity index (χ4v) is 4.13. The number of thioether (sulfide) groups is 1. The number of hydrogen-bond donors (Lipinski definition) is 2. The van der Waals surface area contributed by atoms with Gasteiger partial charge in [-0.25, -0.2) is 8.42 Å². The van der Waals surface area contributed by atoms with Crippen LogP contribution in [-0.2, 0) is 14.6 Å². The van der Waals surface area contributed by atoms with Crippen LogP contribution in [0.15, 0.2) is 0 Å². The van der Waals surface area contributed by atoms with Crippen LogP contribution in [0.2, 0.25) is 0 Å². The number of carbonyl (C=O) groups excluding carboxylic acids is 1. The monoisotopic (exact) mass is 281 g/mol. The molecule has 1 aliphatic heterocycles. The highest BCUT2D eigenvalue weighted by molar-refractivity contribution is 8.00. The lowest BCUT2D eigenvalue weighted by molar-refractivity contribution is -0.119. The Morgan fingerprint density at radius 1 is 1.59 bits per heavy atom. The zero-order valence-electron chi connectivity index (χ0n) is 9.89. The highest BCUT2D eigenvalue weighted by Crippen LogP contribution is 2.14. The van der Waals surface area contributed by atoms with Gasteiger partial charge < -0.3 is 10.4 Å². The van der Waals surface area contributed by atoms with Gasteiger partial charge in [0.1, 0.15) is 0 Å². The van der Waals surface area contributed by atoms with Crippen molar-refractivity contribution in [3.63, 3.8) is 0 Å². The Morgan fingerprint density at radius 2 is 2.29 bits per heavy atom. The van der Waals surface area contributed by atoms with Gasteiger partial charge in [-0.2, -0.15) is 0 Å². The van der Waals surface area contributed by atoms with Crippen molar-refractivity contribution in [3.05, 3.63) is 0 Å². The molecule has 0 aromatic heterocycles. The predicted octanol–water partition coefficient (Wildman–Crippen LogP) is -0.206. The molecule has 1 fully saturated rings. The molecule has 1 saturated heterocycles. The first kappa shape index (κ1) is 14.8.